The van der Waals surface area contributed by atoms with E-state index in [1.165, 1.54) is 4.88 Å². The second-order valence-corrected chi connectivity index (χ2v) is 7.32. The van der Waals surface area contributed by atoms with Crippen LogP contribution in [0.5, 0.6) is 0 Å². The molecule has 1 aliphatic heterocycles. The Morgan fingerprint density at radius 2 is 2.17 bits per heavy atom. The first-order valence-electron chi connectivity index (χ1n) is 8.32. The molecule has 0 aromatic carbocycles. The first-order valence-corrected chi connectivity index (χ1v) is 9.20. The Morgan fingerprint density at radius 1 is 1.29 bits per heavy atom. The van der Waals surface area contributed by atoms with Crippen molar-refractivity contribution in [2.24, 2.45) is 5.92 Å². The van der Waals surface area contributed by atoms with E-state index in [2.05, 4.69) is 6.07 Å². The number of hydrogen-bond acceptors (Lipinski definition) is 3. The van der Waals surface area contributed by atoms with Gasteiger partial charge in [-0.1, -0.05) is 6.07 Å². The lowest BCUT2D eigenvalue weighted by atomic mass is 9.93. The second-order valence-electron chi connectivity index (χ2n) is 6.29. The normalized spacial score (nSPS) is 17.8. The van der Waals surface area contributed by atoms with Crippen molar-refractivity contribution >= 4 is 23.2 Å². The average molecular weight is 346 g/mol. The Hall–Kier alpha value is -2.08. The third-order valence-electron chi connectivity index (χ3n) is 4.53. The van der Waals surface area contributed by atoms with Crippen LogP contribution in [0.15, 0.2) is 35.8 Å². The van der Waals surface area contributed by atoms with Gasteiger partial charge in [0.05, 0.1) is 6.54 Å². The summed E-state index contributed by atoms with van der Waals surface area (Å²) in [4.78, 5) is 26.7. The molecule has 0 aliphatic carbocycles. The number of aliphatic carboxylic acids is 1. The molecule has 5 nitrogen and oxygen atoms in total. The third kappa shape index (κ3) is 4.06. The molecular formula is C18H22N2O3S. The SMILES string of the molecule is O=C(O)CCC1CCCN(C(=O)c2cccn2Cc2cccs2)C1. The minimum atomic E-state index is -0.761. The zero-order valence-corrected chi connectivity index (χ0v) is 14.4. The molecular weight excluding hydrogens is 324 g/mol. The molecule has 0 radical (unpaired) electrons. The van der Waals surface area contributed by atoms with Crippen molar-refractivity contribution in [2.75, 3.05) is 13.1 Å². The number of amides is 1. The first-order chi connectivity index (χ1) is 11.6. The van der Waals surface area contributed by atoms with Gasteiger partial charge in [-0.15, -0.1) is 11.3 Å². The van der Waals surface area contributed by atoms with Crippen molar-refractivity contribution in [3.8, 4) is 0 Å². The zero-order chi connectivity index (χ0) is 16.9. The Balaban J connectivity index is 1.65. The fourth-order valence-corrected chi connectivity index (χ4v) is 3.99. The van der Waals surface area contributed by atoms with E-state index in [4.69, 9.17) is 5.11 Å². The highest BCUT2D eigenvalue weighted by Crippen LogP contribution is 2.23. The predicted molar refractivity (Wildman–Crippen MR) is 93.4 cm³/mol. The van der Waals surface area contributed by atoms with Crippen LogP contribution in [0.2, 0.25) is 0 Å². The van der Waals surface area contributed by atoms with Gasteiger partial charge in [-0.05, 0) is 48.8 Å². The van der Waals surface area contributed by atoms with Gasteiger partial charge in [0.1, 0.15) is 5.69 Å². The molecule has 24 heavy (non-hydrogen) atoms. The number of nitrogens with zero attached hydrogens (tertiary/aromatic N) is 2. The van der Waals surface area contributed by atoms with E-state index in [-0.39, 0.29) is 12.3 Å². The van der Waals surface area contributed by atoms with Crippen LogP contribution in [-0.2, 0) is 11.3 Å². The minimum absolute atomic E-state index is 0.0524. The molecule has 1 atom stereocenters. The highest BCUT2D eigenvalue weighted by atomic mass is 32.1. The number of aromatic nitrogens is 1. The maximum atomic E-state index is 12.9. The van der Waals surface area contributed by atoms with E-state index in [9.17, 15) is 9.59 Å². The number of piperidine rings is 1. The monoisotopic (exact) mass is 346 g/mol. The predicted octanol–water partition coefficient (Wildman–Crippen LogP) is 3.31. The number of hydrogen-bond donors (Lipinski definition) is 1. The minimum Gasteiger partial charge on any atom is -0.481 e. The molecule has 128 valence electrons. The van der Waals surface area contributed by atoms with Gasteiger partial charge in [0, 0.05) is 30.6 Å². The number of likely N-dealkylation sites (tertiary alicyclic amines) is 1. The topological polar surface area (TPSA) is 62.5 Å². The number of rotatable bonds is 6. The van der Waals surface area contributed by atoms with Crippen molar-refractivity contribution in [3.05, 3.63) is 46.4 Å². The summed E-state index contributed by atoms with van der Waals surface area (Å²) in [6, 6.07) is 7.87. The van der Waals surface area contributed by atoms with Gasteiger partial charge < -0.3 is 14.6 Å². The van der Waals surface area contributed by atoms with E-state index in [1.54, 1.807) is 11.3 Å². The molecule has 3 rings (SSSR count). The van der Waals surface area contributed by atoms with E-state index in [0.29, 0.717) is 31.1 Å². The molecule has 3 heterocycles. The second kappa shape index (κ2) is 7.66. The van der Waals surface area contributed by atoms with E-state index >= 15 is 0 Å². The van der Waals surface area contributed by atoms with Gasteiger partial charge in [-0.3, -0.25) is 9.59 Å². The summed E-state index contributed by atoms with van der Waals surface area (Å²) in [6.07, 6.45) is 4.73. The lowest BCUT2D eigenvalue weighted by Crippen LogP contribution is -2.40. The molecule has 2 aromatic rings. The third-order valence-corrected chi connectivity index (χ3v) is 5.39. The molecule has 2 aromatic heterocycles. The smallest absolute Gasteiger partial charge is 0.303 e. The lowest BCUT2D eigenvalue weighted by Gasteiger charge is -2.32. The number of carboxylic acid groups (broad SMARTS) is 1. The molecule has 0 spiro atoms. The molecule has 1 unspecified atom stereocenters. The van der Waals surface area contributed by atoms with Crippen LogP contribution < -0.4 is 0 Å². The molecule has 1 amide bonds. The summed E-state index contributed by atoms with van der Waals surface area (Å²) in [7, 11) is 0. The highest BCUT2D eigenvalue weighted by Gasteiger charge is 2.26. The molecule has 0 saturated carbocycles. The maximum absolute atomic E-state index is 12.9. The van der Waals surface area contributed by atoms with Crippen LogP contribution in [0.3, 0.4) is 0 Å². The van der Waals surface area contributed by atoms with Gasteiger partial charge in [-0.25, -0.2) is 0 Å². The van der Waals surface area contributed by atoms with Gasteiger partial charge >= 0.3 is 5.97 Å². The van der Waals surface area contributed by atoms with Crippen molar-refractivity contribution < 1.29 is 14.7 Å². The summed E-state index contributed by atoms with van der Waals surface area (Å²) >= 11 is 1.69. The van der Waals surface area contributed by atoms with Crippen LogP contribution in [-0.4, -0.2) is 39.5 Å². The van der Waals surface area contributed by atoms with Gasteiger partial charge in [0.15, 0.2) is 0 Å². The highest BCUT2D eigenvalue weighted by molar-refractivity contribution is 7.09. The van der Waals surface area contributed by atoms with E-state index in [0.717, 1.165) is 19.4 Å². The van der Waals surface area contributed by atoms with Gasteiger partial charge in [0.25, 0.3) is 5.91 Å². The fraction of sp³-hybridized carbons (Fsp3) is 0.444. The van der Waals surface area contributed by atoms with Crippen molar-refractivity contribution in [1.29, 1.82) is 0 Å². The van der Waals surface area contributed by atoms with Gasteiger partial charge in [0.2, 0.25) is 0 Å². The Bertz CT molecular complexity index is 693. The molecule has 1 aliphatic rings. The molecule has 1 saturated heterocycles. The van der Waals surface area contributed by atoms with Crippen molar-refractivity contribution in [3.63, 3.8) is 0 Å². The summed E-state index contributed by atoms with van der Waals surface area (Å²) in [6.45, 7) is 2.13. The quantitative estimate of drug-likeness (QED) is 0.873. The maximum Gasteiger partial charge on any atom is 0.303 e. The van der Waals surface area contributed by atoms with Crippen LogP contribution in [0.25, 0.3) is 0 Å². The number of thiophene rings is 1. The number of carboxylic acids is 1. The zero-order valence-electron chi connectivity index (χ0n) is 13.6. The van der Waals surface area contributed by atoms with Crippen molar-refractivity contribution in [2.45, 2.75) is 32.2 Å². The number of carbonyl (C=O) groups is 2. The Labute approximate surface area is 145 Å². The Morgan fingerprint density at radius 3 is 2.92 bits per heavy atom. The van der Waals surface area contributed by atoms with Crippen molar-refractivity contribution in [1.82, 2.24) is 9.47 Å². The number of carbonyl (C=O) groups excluding carboxylic acids is 1. The van der Waals surface area contributed by atoms with Crippen LogP contribution >= 0.6 is 11.3 Å². The molecule has 0 bridgehead atoms. The standard InChI is InChI=1S/C18H22N2O3S/c21-17(22)8-7-14-4-1-10-20(12-14)18(23)16-6-2-9-19(16)13-15-5-3-11-24-15/h2-3,5-6,9,11,14H,1,4,7-8,10,12-13H2,(H,21,22). The van der Waals surface area contributed by atoms with Crippen LogP contribution in [0.4, 0.5) is 0 Å². The summed E-state index contributed by atoms with van der Waals surface area (Å²) in [5.74, 6) is -0.417. The average Bonchev–Trinajstić information content (AvgIpc) is 3.25. The largest absolute Gasteiger partial charge is 0.481 e. The summed E-state index contributed by atoms with van der Waals surface area (Å²) in [5, 5.41) is 10.9. The first kappa shape index (κ1) is 16.8. The van der Waals surface area contributed by atoms with E-state index < -0.39 is 5.97 Å². The summed E-state index contributed by atoms with van der Waals surface area (Å²) < 4.78 is 2.00. The molecule has 6 heteroatoms. The summed E-state index contributed by atoms with van der Waals surface area (Å²) in [5.41, 5.74) is 0.710. The molecule has 1 fully saturated rings. The lowest BCUT2D eigenvalue weighted by molar-refractivity contribution is -0.137. The van der Waals surface area contributed by atoms with Crippen LogP contribution in [0.1, 0.15) is 41.0 Å². The van der Waals surface area contributed by atoms with Gasteiger partial charge in [-0.2, -0.15) is 0 Å². The Kier molecular flexibility index (Phi) is 5.35. The van der Waals surface area contributed by atoms with E-state index in [1.807, 2.05) is 39.2 Å². The molecule has 1 N–H and O–H groups in total. The fourth-order valence-electron chi connectivity index (χ4n) is 3.29. The van der Waals surface area contributed by atoms with Crippen LogP contribution in [0, 0.1) is 5.92 Å².